The van der Waals surface area contributed by atoms with Gasteiger partial charge in [-0.3, -0.25) is 0 Å². The second-order valence-corrected chi connectivity index (χ2v) is 6.27. The SMILES string of the molecule is CC1CC(NCC2(C)CCN(C)CC2)C1. The number of piperidine rings is 1. The number of nitrogens with one attached hydrogen (secondary N) is 1. The molecular weight excluding hydrogens is 184 g/mol. The van der Waals surface area contributed by atoms with Gasteiger partial charge in [0.25, 0.3) is 0 Å². The third kappa shape index (κ3) is 2.94. The summed E-state index contributed by atoms with van der Waals surface area (Å²) in [5, 5.41) is 3.76. The Labute approximate surface area is 94.4 Å². The van der Waals surface area contributed by atoms with Gasteiger partial charge in [-0.15, -0.1) is 0 Å². The van der Waals surface area contributed by atoms with E-state index in [1.54, 1.807) is 0 Å². The van der Waals surface area contributed by atoms with Gasteiger partial charge in [0.05, 0.1) is 0 Å². The van der Waals surface area contributed by atoms with Crippen molar-refractivity contribution in [3.63, 3.8) is 0 Å². The third-order valence-electron chi connectivity index (χ3n) is 4.39. The Morgan fingerprint density at radius 3 is 2.40 bits per heavy atom. The average molecular weight is 210 g/mol. The van der Waals surface area contributed by atoms with Crippen LogP contribution in [0, 0.1) is 11.3 Å². The molecule has 1 aliphatic carbocycles. The Morgan fingerprint density at radius 2 is 1.87 bits per heavy atom. The molecule has 0 aromatic heterocycles. The molecule has 0 spiro atoms. The Kier molecular flexibility index (Phi) is 3.36. The largest absolute Gasteiger partial charge is 0.313 e. The van der Waals surface area contributed by atoms with Gasteiger partial charge in [-0.1, -0.05) is 13.8 Å². The van der Waals surface area contributed by atoms with Crippen LogP contribution in [0.2, 0.25) is 0 Å². The molecular formula is C13H26N2. The lowest BCUT2D eigenvalue weighted by Gasteiger charge is -2.41. The summed E-state index contributed by atoms with van der Waals surface area (Å²) in [7, 11) is 2.24. The highest BCUT2D eigenvalue weighted by molar-refractivity contribution is 4.88. The average Bonchev–Trinajstić information content (AvgIpc) is 2.16. The van der Waals surface area contributed by atoms with E-state index in [4.69, 9.17) is 0 Å². The zero-order valence-electron chi connectivity index (χ0n) is 10.6. The number of hydrogen-bond acceptors (Lipinski definition) is 2. The van der Waals surface area contributed by atoms with Crippen LogP contribution in [-0.2, 0) is 0 Å². The Morgan fingerprint density at radius 1 is 1.27 bits per heavy atom. The minimum Gasteiger partial charge on any atom is -0.313 e. The van der Waals surface area contributed by atoms with Crippen molar-refractivity contribution in [2.24, 2.45) is 11.3 Å². The van der Waals surface area contributed by atoms with Crippen molar-refractivity contribution in [3.8, 4) is 0 Å². The summed E-state index contributed by atoms with van der Waals surface area (Å²) < 4.78 is 0. The molecule has 2 aliphatic rings. The second kappa shape index (κ2) is 4.42. The third-order valence-corrected chi connectivity index (χ3v) is 4.39. The van der Waals surface area contributed by atoms with Crippen LogP contribution >= 0.6 is 0 Å². The number of rotatable bonds is 3. The second-order valence-electron chi connectivity index (χ2n) is 6.27. The van der Waals surface area contributed by atoms with E-state index in [-0.39, 0.29) is 0 Å². The van der Waals surface area contributed by atoms with Crippen molar-refractivity contribution in [2.75, 3.05) is 26.7 Å². The first-order valence-electron chi connectivity index (χ1n) is 6.49. The van der Waals surface area contributed by atoms with Crippen molar-refractivity contribution in [1.82, 2.24) is 10.2 Å². The standard InChI is InChI=1S/C13H26N2/c1-11-8-12(9-11)14-10-13(2)4-6-15(3)7-5-13/h11-12,14H,4-10H2,1-3H3. The molecule has 0 amide bonds. The van der Waals surface area contributed by atoms with E-state index >= 15 is 0 Å². The molecule has 0 bridgehead atoms. The maximum absolute atomic E-state index is 3.76. The van der Waals surface area contributed by atoms with Gasteiger partial charge in [0.15, 0.2) is 0 Å². The first-order chi connectivity index (χ1) is 7.07. The highest BCUT2D eigenvalue weighted by Gasteiger charge is 2.31. The normalized spacial score (nSPS) is 36.2. The van der Waals surface area contributed by atoms with E-state index in [0.717, 1.165) is 12.0 Å². The van der Waals surface area contributed by atoms with Gasteiger partial charge in [-0.2, -0.15) is 0 Å². The molecule has 0 aromatic carbocycles. The molecule has 1 heterocycles. The van der Waals surface area contributed by atoms with Crippen molar-refractivity contribution < 1.29 is 0 Å². The lowest BCUT2D eigenvalue weighted by molar-refractivity contribution is 0.121. The van der Waals surface area contributed by atoms with E-state index in [2.05, 4.69) is 31.1 Å². The summed E-state index contributed by atoms with van der Waals surface area (Å²) in [6.07, 6.45) is 5.52. The monoisotopic (exact) mass is 210 g/mol. The van der Waals surface area contributed by atoms with Crippen LogP contribution in [0.5, 0.6) is 0 Å². The van der Waals surface area contributed by atoms with Crippen LogP contribution in [-0.4, -0.2) is 37.6 Å². The fraction of sp³-hybridized carbons (Fsp3) is 1.00. The Balaban J connectivity index is 1.69. The Bertz CT molecular complexity index is 201. The zero-order valence-corrected chi connectivity index (χ0v) is 10.6. The number of hydrogen-bond donors (Lipinski definition) is 1. The minimum absolute atomic E-state index is 0.561. The molecule has 15 heavy (non-hydrogen) atoms. The smallest absolute Gasteiger partial charge is 0.00723 e. The maximum Gasteiger partial charge on any atom is 0.00723 e. The van der Waals surface area contributed by atoms with Gasteiger partial charge >= 0.3 is 0 Å². The first-order valence-corrected chi connectivity index (χ1v) is 6.49. The lowest BCUT2D eigenvalue weighted by atomic mass is 9.78. The molecule has 2 fully saturated rings. The van der Waals surface area contributed by atoms with E-state index in [0.29, 0.717) is 5.41 Å². The fourth-order valence-corrected chi connectivity index (χ4v) is 2.79. The highest BCUT2D eigenvalue weighted by atomic mass is 15.1. The van der Waals surface area contributed by atoms with Gasteiger partial charge in [0.1, 0.15) is 0 Å². The summed E-state index contributed by atoms with van der Waals surface area (Å²) in [4.78, 5) is 2.45. The predicted molar refractivity (Wildman–Crippen MR) is 65.0 cm³/mol. The van der Waals surface area contributed by atoms with Crippen LogP contribution in [0.4, 0.5) is 0 Å². The summed E-state index contributed by atoms with van der Waals surface area (Å²) in [5.41, 5.74) is 0.561. The summed E-state index contributed by atoms with van der Waals surface area (Å²) >= 11 is 0. The van der Waals surface area contributed by atoms with Crippen LogP contribution < -0.4 is 5.32 Å². The van der Waals surface area contributed by atoms with Crippen molar-refractivity contribution in [3.05, 3.63) is 0 Å². The molecule has 0 radical (unpaired) electrons. The minimum atomic E-state index is 0.561. The Hall–Kier alpha value is -0.0800. The number of likely N-dealkylation sites (tertiary alicyclic amines) is 1. The molecule has 2 rings (SSSR count). The van der Waals surface area contributed by atoms with Crippen molar-refractivity contribution >= 4 is 0 Å². The molecule has 1 saturated heterocycles. The summed E-state index contributed by atoms with van der Waals surface area (Å²) in [6, 6.07) is 0.830. The summed E-state index contributed by atoms with van der Waals surface area (Å²) in [6.45, 7) is 8.60. The molecule has 0 unspecified atom stereocenters. The topological polar surface area (TPSA) is 15.3 Å². The lowest BCUT2D eigenvalue weighted by Crippen LogP contribution is -2.48. The number of nitrogens with zero attached hydrogens (tertiary/aromatic N) is 1. The van der Waals surface area contributed by atoms with Crippen LogP contribution in [0.15, 0.2) is 0 Å². The molecule has 1 N–H and O–H groups in total. The molecule has 88 valence electrons. The zero-order chi connectivity index (χ0) is 10.9. The van der Waals surface area contributed by atoms with Gasteiger partial charge in [-0.25, -0.2) is 0 Å². The van der Waals surface area contributed by atoms with E-state index in [1.807, 2.05) is 0 Å². The van der Waals surface area contributed by atoms with Gasteiger partial charge < -0.3 is 10.2 Å². The van der Waals surface area contributed by atoms with Crippen LogP contribution in [0.1, 0.15) is 39.5 Å². The quantitative estimate of drug-likeness (QED) is 0.767. The maximum atomic E-state index is 3.76. The van der Waals surface area contributed by atoms with Gasteiger partial charge in [-0.05, 0) is 57.2 Å². The van der Waals surface area contributed by atoms with Crippen molar-refractivity contribution in [2.45, 2.75) is 45.6 Å². The van der Waals surface area contributed by atoms with Crippen LogP contribution in [0.25, 0.3) is 0 Å². The predicted octanol–water partition coefficient (Wildman–Crippen LogP) is 2.11. The fourth-order valence-electron chi connectivity index (χ4n) is 2.79. The van der Waals surface area contributed by atoms with E-state index in [1.165, 1.54) is 45.3 Å². The molecule has 1 aliphatic heterocycles. The molecule has 1 saturated carbocycles. The molecule has 0 aromatic rings. The highest BCUT2D eigenvalue weighted by Crippen LogP contribution is 2.32. The van der Waals surface area contributed by atoms with Crippen molar-refractivity contribution in [1.29, 1.82) is 0 Å². The summed E-state index contributed by atoms with van der Waals surface area (Å²) in [5.74, 6) is 0.966. The first kappa shape index (κ1) is 11.4. The van der Waals surface area contributed by atoms with Gasteiger partial charge in [0, 0.05) is 12.6 Å². The van der Waals surface area contributed by atoms with Gasteiger partial charge in [0.2, 0.25) is 0 Å². The van der Waals surface area contributed by atoms with E-state index < -0.39 is 0 Å². The molecule has 2 nitrogen and oxygen atoms in total. The molecule has 2 heteroatoms. The molecule has 0 atom stereocenters. The van der Waals surface area contributed by atoms with Crippen LogP contribution in [0.3, 0.4) is 0 Å². The van der Waals surface area contributed by atoms with E-state index in [9.17, 15) is 0 Å².